The van der Waals surface area contributed by atoms with Gasteiger partial charge in [0.05, 0.1) is 15.5 Å². The zero-order chi connectivity index (χ0) is 16.8. The average molecular weight is 334 g/mol. The highest BCUT2D eigenvalue weighted by atomic mass is 35.5. The molecule has 0 atom stereocenters. The topological polar surface area (TPSA) is 80.4 Å². The van der Waals surface area contributed by atoms with Gasteiger partial charge in [0.15, 0.2) is 0 Å². The van der Waals surface area contributed by atoms with Crippen LogP contribution in [0, 0.1) is 10.1 Å². The molecule has 0 heterocycles. The van der Waals surface area contributed by atoms with Gasteiger partial charge in [-0.3, -0.25) is 14.9 Å². The van der Waals surface area contributed by atoms with Crippen LogP contribution in [-0.4, -0.2) is 16.0 Å². The predicted molar refractivity (Wildman–Crippen MR) is 88.7 cm³/mol. The van der Waals surface area contributed by atoms with Crippen molar-refractivity contribution in [1.29, 1.82) is 0 Å². The van der Waals surface area contributed by atoms with Crippen molar-refractivity contribution < 1.29 is 14.8 Å². The molecule has 0 amide bonds. The molecule has 120 valence electrons. The van der Waals surface area contributed by atoms with Gasteiger partial charge in [0, 0.05) is 12.5 Å². The van der Waals surface area contributed by atoms with E-state index in [0.29, 0.717) is 35.4 Å². The molecule has 0 aliphatic heterocycles. The Bertz CT molecular complexity index is 716. The van der Waals surface area contributed by atoms with E-state index in [4.69, 9.17) is 16.7 Å². The van der Waals surface area contributed by atoms with E-state index in [9.17, 15) is 14.9 Å². The van der Waals surface area contributed by atoms with Crippen molar-refractivity contribution in [3.05, 3.63) is 63.2 Å². The molecule has 0 bridgehead atoms. The molecule has 0 fully saturated rings. The number of aliphatic carboxylic acids is 1. The lowest BCUT2D eigenvalue weighted by Crippen LogP contribution is -1.98. The molecule has 23 heavy (non-hydrogen) atoms. The SMILES string of the molecule is O=C(O)CCCCc1ccc([N+](=O)[O-])c(-c2ccccc2)c1Cl. The summed E-state index contributed by atoms with van der Waals surface area (Å²) in [7, 11) is 0. The van der Waals surface area contributed by atoms with E-state index in [2.05, 4.69) is 0 Å². The minimum absolute atomic E-state index is 0.0320. The average Bonchev–Trinajstić information content (AvgIpc) is 2.52. The second kappa shape index (κ2) is 7.74. The number of hydrogen-bond acceptors (Lipinski definition) is 3. The number of carboxylic acids is 1. The third-order valence-electron chi connectivity index (χ3n) is 3.55. The Morgan fingerprint density at radius 1 is 1.13 bits per heavy atom. The van der Waals surface area contributed by atoms with E-state index < -0.39 is 10.9 Å². The highest BCUT2D eigenvalue weighted by Crippen LogP contribution is 2.38. The van der Waals surface area contributed by atoms with E-state index >= 15 is 0 Å². The number of rotatable bonds is 7. The van der Waals surface area contributed by atoms with Gasteiger partial charge in [0.1, 0.15) is 0 Å². The molecule has 0 unspecified atom stereocenters. The van der Waals surface area contributed by atoms with Crippen molar-refractivity contribution >= 4 is 23.3 Å². The fourth-order valence-electron chi connectivity index (χ4n) is 2.43. The molecule has 2 aromatic carbocycles. The second-order valence-electron chi connectivity index (χ2n) is 5.16. The van der Waals surface area contributed by atoms with Gasteiger partial charge < -0.3 is 5.11 Å². The fourth-order valence-corrected chi connectivity index (χ4v) is 2.79. The minimum atomic E-state index is -0.829. The smallest absolute Gasteiger partial charge is 0.303 e. The summed E-state index contributed by atoms with van der Waals surface area (Å²) in [5.74, 6) is -0.829. The molecule has 6 heteroatoms. The largest absolute Gasteiger partial charge is 0.481 e. The van der Waals surface area contributed by atoms with Gasteiger partial charge in [-0.15, -0.1) is 0 Å². The summed E-state index contributed by atoms with van der Waals surface area (Å²) >= 11 is 6.41. The lowest BCUT2D eigenvalue weighted by molar-refractivity contribution is -0.384. The molecule has 0 aromatic heterocycles. The molecule has 5 nitrogen and oxygen atoms in total. The zero-order valence-electron chi connectivity index (χ0n) is 12.4. The Kier molecular flexibility index (Phi) is 5.71. The number of hydrogen-bond donors (Lipinski definition) is 1. The van der Waals surface area contributed by atoms with Crippen molar-refractivity contribution in [2.75, 3.05) is 0 Å². The van der Waals surface area contributed by atoms with Crippen LogP contribution in [0.1, 0.15) is 24.8 Å². The Morgan fingerprint density at radius 2 is 1.83 bits per heavy atom. The molecule has 1 N–H and O–H groups in total. The Balaban J connectivity index is 2.33. The molecule has 0 radical (unpaired) electrons. The number of carbonyl (C=O) groups is 1. The van der Waals surface area contributed by atoms with Gasteiger partial charge in [-0.1, -0.05) is 48.0 Å². The van der Waals surface area contributed by atoms with Gasteiger partial charge in [-0.25, -0.2) is 0 Å². The molecule has 2 aromatic rings. The molecule has 0 aliphatic carbocycles. The first-order valence-corrected chi connectivity index (χ1v) is 7.61. The number of halogens is 1. The molecule has 0 saturated heterocycles. The van der Waals surface area contributed by atoms with Crippen molar-refractivity contribution in [1.82, 2.24) is 0 Å². The zero-order valence-corrected chi connectivity index (χ0v) is 13.1. The summed E-state index contributed by atoms with van der Waals surface area (Å²) in [5, 5.41) is 20.3. The number of nitro groups is 1. The van der Waals surface area contributed by atoms with Crippen LogP contribution in [-0.2, 0) is 11.2 Å². The van der Waals surface area contributed by atoms with Crippen LogP contribution in [0.15, 0.2) is 42.5 Å². The van der Waals surface area contributed by atoms with Crippen LogP contribution < -0.4 is 0 Å². The standard InChI is InChI=1S/C17H16ClNO4/c18-17-13(8-4-5-9-15(20)21)10-11-14(19(22)23)16(17)12-6-2-1-3-7-12/h1-3,6-7,10-11H,4-5,8-9H2,(H,20,21). The molecule has 0 aliphatic rings. The Hall–Kier alpha value is -2.40. The van der Waals surface area contributed by atoms with Gasteiger partial charge in [0.2, 0.25) is 0 Å². The van der Waals surface area contributed by atoms with Crippen LogP contribution in [0.5, 0.6) is 0 Å². The number of aryl methyl sites for hydroxylation is 1. The first kappa shape index (κ1) is 17.0. The first-order valence-electron chi connectivity index (χ1n) is 7.23. The summed E-state index contributed by atoms with van der Waals surface area (Å²) in [6.45, 7) is 0. The van der Waals surface area contributed by atoms with Crippen molar-refractivity contribution in [3.63, 3.8) is 0 Å². The predicted octanol–water partition coefficient (Wildman–Crippen LogP) is 4.71. The summed E-state index contributed by atoms with van der Waals surface area (Å²) in [5.41, 5.74) is 1.86. The highest BCUT2D eigenvalue weighted by molar-refractivity contribution is 6.34. The maximum atomic E-state index is 11.3. The number of carboxylic acid groups (broad SMARTS) is 1. The second-order valence-corrected chi connectivity index (χ2v) is 5.53. The quantitative estimate of drug-likeness (QED) is 0.452. The Labute approximate surface area is 138 Å². The monoisotopic (exact) mass is 333 g/mol. The molecular weight excluding hydrogens is 318 g/mol. The van der Waals surface area contributed by atoms with E-state index in [1.807, 2.05) is 6.07 Å². The number of benzene rings is 2. The van der Waals surface area contributed by atoms with Crippen LogP contribution in [0.2, 0.25) is 5.02 Å². The Morgan fingerprint density at radius 3 is 2.43 bits per heavy atom. The number of nitro benzene ring substituents is 1. The maximum Gasteiger partial charge on any atom is 0.303 e. The number of unbranched alkanes of at least 4 members (excludes halogenated alkanes) is 1. The van der Waals surface area contributed by atoms with Crippen molar-refractivity contribution in [3.8, 4) is 11.1 Å². The van der Waals surface area contributed by atoms with Gasteiger partial charge in [-0.05, 0) is 30.4 Å². The minimum Gasteiger partial charge on any atom is -0.481 e. The maximum absolute atomic E-state index is 11.3. The normalized spacial score (nSPS) is 10.5. The lowest BCUT2D eigenvalue weighted by atomic mass is 9.98. The highest BCUT2D eigenvalue weighted by Gasteiger charge is 2.21. The third kappa shape index (κ3) is 4.29. The van der Waals surface area contributed by atoms with Crippen molar-refractivity contribution in [2.24, 2.45) is 0 Å². The summed E-state index contributed by atoms with van der Waals surface area (Å²) in [6, 6.07) is 12.1. The van der Waals surface area contributed by atoms with Crippen molar-refractivity contribution in [2.45, 2.75) is 25.7 Å². The van der Waals surface area contributed by atoms with Crippen LogP contribution in [0.3, 0.4) is 0 Å². The van der Waals surface area contributed by atoms with Crippen LogP contribution >= 0.6 is 11.6 Å². The van der Waals surface area contributed by atoms with Crippen LogP contribution in [0.4, 0.5) is 5.69 Å². The van der Waals surface area contributed by atoms with Gasteiger partial charge >= 0.3 is 5.97 Å². The molecule has 0 saturated carbocycles. The van der Waals surface area contributed by atoms with Gasteiger partial charge in [0.25, 0.3) is 5.69 Å². The summed E-state index contributed by atoms with van der Waals surface area (Å²) in [6.07, 6.45) is 1.90. The summed E-state index contributed by atoms with van der Waals surface area (Å²) < 4.78 is 0. The molecule has 2 rings (SSSR count). The van der Waals surface area contributed by atoms with E-state index in [0.717, 1.165) is 5.56 Å². The lowest BCUT2D eigenvalue weighted by Gasteiger charge is -2.10. The summed E-state index contributed by atoms with van der Waals surface area (Å²) in [4.78, 5) is 21.4. The fraction of sp³-hybridized carbons (Fsp3) is 0.235. The van der Waals surface area contributed by atoms with E-state index in [1.54, 1.807) is 30.3 Å². The third-order valence-corrected chi connectivity index (χ3v) is 3.98. The van der Waals surface area contributed by atoms with Crippen LogP contribution in [0.25, 0.3) is 11.1 Å². The molecular formula is C17H16ClNO4. The molecule has 0 spiro atoms. The number of nitrogens with zero attached hydrogens (tertiary/aromatic N) is 1. The first-order chi connectivity index (χ1) is 11.0. The van der Waals surface area contributed by atoms with Gasteiger partial charge in [-0.2, -0.15) is 0 Å². The van der Waals surface area contributed by atoms with E-state index in [1.165, 1.54) is 6.07 Å². The van der Waals surface area contributed by atoms with E-state index in [-0.39, 0.29) is 12.1 Å².